The Hall–Kier alpha value is -2.36. The molecule has 0 unspecified atom stereocenters. The number of hydrogen-bond acceptors (Lipinski definition) is 5. The molecule has 1 aromatic rings. The fraction of sp³-hybridized carbons (Fsp3) is 0.545. The van der Waals surface area contributed by atoms with Crippen molar-refractivity contribution in [3.8, 4) is 6.07 Å². The predicted octanol–water partition coefficient (Wildman–Crippen LogP) is 1.80. The van der Waals surface area contributed by atoms with E-state index in [1.807, 2.05) is 11.0 Å². The molecule has 0 aliphatic carbocycles. The largest absolute Gasteiger partial charge is 0.388 e. The third kappa shape index (κ3) is 6.08. The van der Waals surface area contributed by atoms with E-state index in [-0.39, 0.29) is 11.5 Å². The summed E-state index contributed by atoms with van der Waals surface area (Å²) in [6, 6.07) is 12.6. The van der Waals surface area contributed by atoms with Crippen LogP contribution in [0, 0.1) is 17.2 Å². The van der Waals surface area contributed by atoms with E-state index in [4.69, 9.17) is 4.74 Å². The minimum Gasteiger partial charge on any atom is -0.388 e. The highest BCUT2D eigenvalue weighted by Crippen LogP contribution is 2.22. The lowest BCUT2D eigenvalue weighted by Crippen LogP contribution is -2.40. The Morgan fingerprint density at radius 3 is 2.57 bits per heavy atom. The molecule has 2 aliphatic rings. The average Bonchev–Trinajstić information content (AvgIpc) is 2.75. The molecule has 2 aliphatic heterocycles. The molecule has 1 amide bonds. The number of likely N-dealkylation sites (tertiary alicyclic amines) is 1. The predicted molar refractivity (Wildman–Crippen MR) is 108 cm³/mol. The molecule has 2 heterocycles. The monoisotopic (exact) mass is 382 g/mol. The van der Waals surface area contributed by atoms with Gasteiger partial charge in [-0.25, -0.2) is 0 Å². The number of hydrogen-bond donors (Lipinski definition) is 1. The molecule has 0 bridgehead atoms. The minimum absolute atomic E-state index is 0.153. The molecule has 1 aromatic carbocycles. The van der Waals surface area contributed by atoms with Gasteiger partial charge in [-0.3, -0.25) is 9.69 Å². The Balaban J connectivity index is 1.41. The number of nitrogens with one attached hydrogen (secondary N) is 1. The second-order valence-corrected chi connectivity index (χ2v) is 7.50. The zero-order chi connectivity index (χ0) is 19.6. The highest BCUT2D eigenvalue weighted by Gasteiger charge is 2.25. The Morgan fingerprint density at radius 1 is 1.18 bits per heavy atom. The van der Waals surface area contributed by atoms with Crippen LogP contribution in [0.1, 0.15) is 18.4 Å². The maximum Gasteiger partial charge on any atom is 0.265 e. The number of benzene rings is 1. The van der Waals surface area contributed by atoms with Crippen molar-refractivity contribution in [2.75, 3.05) is 52.5 Å². The third-order valence-corrected chi connectivity index (χ3v) is 5.54. The van der Waals surface area contributed by atoms with Gasteiger partial charge in [0.25, 0.3) is 5.91 Å². The number of amides is 1. The molecule has 0 aromatic heterocycles. The number of piperidine rings is 1. The number of rotatable bonds is 7. The van der Waals surface area contributed by atoms with E-state index < -0.39 is 0 Å². The van der Waals surface area contributed by atoms with Crippen molar-refractivity contribution in [1.29, 1.82) is 5.26 Å². The van der Waals surface area contributed by atoms with Crippen molar-refractivity contribution >= 4 is 5.91 Å². The molecule has 1 N–H and O–H groups in total. The molecule has 6 nitrogen and oxygen atoms in total. The van der Waals surface area contributed by atoms with Crippen LogP contribution in [0.25, 0.3) is 0 Å². The fourth-order valence-electron chi connectivity index (χ4n) is 3.82. The molecular weight excluding hydrogens is 352 g/mol. The first kappa shape index (κ1) is 20.4. The van der Waals surface area contributed by atoms with Crippen LogP contribution in [-0.2, 0) is 16.0 Å². The normalized spacial score (nSPS) is 19.2. The van der Waals surface area contributed by atoms with Gasteiger partial charge in [-0.2, -0.15) is 5.26 Å². The van der Waals surface area contributed by atoms with Crippen molar-refractivity contribution in [3.05, 3.63) is 47.7 Å². The number of carbonyl (C=O) groups is 1. The van der Waals surface area contributed by atoms with Crippen LogP contribution in [0.4, 0.5) is 0 Å². The molecule has 0 saturated carbocycles. The van der Waals surface area contributed by atoms with Gasteiger partial charge in [-0.05, 0) is 30.7 Å². The zero-order valence-corrected chi connectivity index (χ0v) is 16.5. The van der Waals surface area contributed by atoms with Crippen LogP contribution in [0.15, 0.2) is 42.1 Å². The van der Waals surface area contributed by atoms with Gasteiger partial charge >= 0.3 is 0 Å². The number of nitriles is 1. The Labute approximate surface area is 167 Å². The lowest BCUT2D eigenvalue weighted by Gasteiger charge is -2.32. The maximum atomic E-state index is 12.7. The van der Waals surface area contributed by atoms with E-state index in [0.717, 1.165) is 71.7 Å². The molecule has 28 heavy (non-hydrogen) atoms. The summed E-state index contributed by atoms with van der Waals surface area (Å²) in [5.74, 6) is 0.451. The molecule has 0 radical (unpaired) electrons. The average molecular weight is 383 g/mol. The van der Waals surface area contributed by atoms with Crippen molar-refractivity contribution in [1.82, 2.24) is 15.1 Å². The summed E-state index contributed by atoms with van der Waals surface area (Å²) in [6.07, 6.45) is 4.62. The van der Waals surface area contributed by atoms with Gasteiger partial charge in [0.2, 0.25) is 0 Å². The first-order valence-electron chi connectivity index (χ1n) is 10.2. The number of ether oxygens (including phenoxy) is 1. The van der Waals surface area contributed by atoms with Crippen molar-refractivity contribution in [3.63, 3.8) is 0 Å². The topological polar surface area (TPSA) is 68.6 Å². The molecule has 2 saturated heterocycles. The van der Waals surface area contributed by atoms with E-state index in [1.54, 1.807) is 6.20 Å². The van der Waals surface area contributed by atoms with Crippen molar-refractivity contribution in [2.24, 2.45) is 5.92 Å². The fourth-order valence-corrected chi connectivity index (χ4v) is 3.82. The van der Waals surface area contributed by atoms with Crippen molar-refractivity contribution < 1.29 is 9.53 Å². The summed E-state index contributed by atoms with van der Waals surface area (Å²) in [5, 5.41) is 12.5. The van der Waals surface area contributed by atoms with Gasteiger partial charge in [-0.15, -0.1) is 0 Å². The van der Waals surface area contributed by atoms with Crippen LogP contribution in [0.2, 0.25) is 0 Å². The summed E-state index contributed by atoms with van der Waals surface area (Å²) in [4.78, 5) is 16.8. The van der Waals surface area contributed by atoms with E-state index in [9.17, 15) is 10.1 Å². The Morgan fingerprint density at radius 2 is 1.89 bits per heavy atom. The molecular formula is C22H30N4O2. The highest BCUT2D eigenvalue weighted by molar-refractivity contribution is 5.97. The van der Waals surface area contributed by atoms with E-state index >= 15 is 0 Å². The van der Waals surface area contributed by atoms with E-state index in [2.05, 4.69) is 40.6 Å². The lowest BCUT2D eigenvalue weighted by molar-refractivity contribution is -0.128. The molecule has 6 heteroatoms. The van der Waals surface area contributed by atoms with Gasteiger partial charge in [0.15, 0.2) is 0 Å². The maximum absolute atomic E-state index is 12.7. The standard InChI is InChI=1S/C22H30N4O2/c23-17-21(18-24-8-11-25-12-14-28-15-13-25)22(27)26-9-6-20(7-10-26)16-19-4-2-1-3-5-19/h1-5,18,20,24H,6-16H2/b21-18-. The second-order valence-electron chi connectivity index (χ2n) is 7.50. The minimum atomic E-state index is -0.153. The Bertz CT molecular complexity index is 684. The van der Waals surface area contributed by atoms with E-state index in [1.165, 1.54) is 5.56 Å². The molecule has 3 rings (SSSR count). The first-order valence-corrected chi connectivity index (χ1v) is 10.2. The quantitative estimate of drug-likeness (QED) is 0.442. The molecule has 150 valence electrons. The second kappa shape index (κ2) is 10.8. The van der Waals surface area contributed by atoms with Gasteiger partial charge in [0, 0.05) is 45.5 Å². The lowest BCUT2D eigenvalue weighted by atomic mass is 9.90. The van der Waals surface area contributed by atoms with Crippen molar-refractivity contribution in [2.45, 2.75) is 19.3 Å². The summed E-state index contributed by atoms with van der Waals surface area (Å²) in [7, 11) is 0. The summed E-state index contributed by atoms with van der Waals surface area (Å²) in [5.41, 5.74) is 1.55. The highest BCUT2D eigenvalue weighted by atomic mass is 16.5. The number of nitrogens with zero attached hydrogens (tertiary/aromatic N) is 3. The van der Waals surface area contributed by atoms with Crippen LogP contribution < -0.4 is 5.32 Å². The van der Waals surface area contributed by atoms with Crippen LogP contribution in [0.3, 0.4) is 0 Å². The SMILES string of the molecule is N#C/C(=C/NCCN1CCOCC1)C(=O)N1CCC(Cc2ccccc2)CC1. The van der Waals surface area contributed by atoms with Gasteiger partial charge in [0.05, 0.1) is 13.2 Å². The third-order valence-electron chi connectivity index (χ3n) is 5.54. The number of carbonyl (C=O) groups excluding carboxylic acids is 1. The molecule has 0 atom stereocenters. The molecule has 0 spiro atoms. The first-order chi connectivity index (χ1) is 13.8. The van der Waals surface area contributed by atoms with Gasteiger partial charge < -0.3 is 15.0 Å². The van der Waals surface area contributed by atoms with Crippen LogP contribution >= 0.6 is 0 Å². The van der Waals surface area contributed by atoms with Gasteiger partial charge in [0.1, 0.15) is 11.6 Å². The Kier molecular flexibility index (Phi) is 7.89. The summed E-state index contributed by atoms with van der Waals surface area (Å²) >= 11 is 0. The van der Waals surface area contributed by atoms with Crippen LogP contribution in [-0.4, -0.2) is 68.2 Å². The summed E-state index contributed by atoms with van der Waals surface area (Å²) in [6.45, 7) is 6.48. The smallest absolute Gasteiger partial charge is 0.265 e. The zero-order valence-electron chi connectivity index (χ0n) is 16.5. The van der Waals surface area contributed by atoms with Gasteiger partial charge in [-0.1, -0.05) is 30.3 Å². The van der Waals surface area contributed by atoms with E-state index in [0.29, 0.717) is 5.92 Å². The number of morpholine rings is 1. The summed E-state index contributed by atoms with van der Waals surface area (Å²) < 4.78 is 5.33. The molecule has 2 fully saturated rings. The van der Waals surface area contributed by atoms with Crippen LogP contribution in [0.5, 0.6) is 0 Å².